The molecular weight excluding hydrogens is 817 g/mol. The third-order valence-corrected chi connectivity index (χ3v) is 13.7. The second-order valence-corrected chi connectivity index (χ2v) is 18.3. The summed E-state index contributed by atoms with van der Waals surface area (Å²) in [5.41, 5.74) is 0.154. The lowest BCUT2D eigenvalue weighted by Crippen LogP contribution is -2.52. The van der Waals surface area contributed by atoms with Gasteiger partial charge in [0.15, 0.2) is 0 Å². The number of imide groups is 1. The van der Waals surface area contributed by atoms with Crippen molar-refractivity contribution in [2.24, 2.45) is 13.0 Å². The molecule has 2 aromatic carbocycles. The van der Waals surface area contributed by atoms with Crippen molar-refractivity contribution in [2.75, 3.05) is 36.9 Å². The van der Waals surface area contributed by atoms with E-state index in [9.17, 15) is 37.5 Å². The summed E-state index contributed by atoms with van der Waals surface area (Å²) in [5, 5.41) is 17.0. The third-order valence-electron chi connectivity index (χ3n) is 12.5. The quantitative estimate of drug-likeness (QED) is 0.109. The summed E-state index contributed by atoms with van der Waals surface area (Å²) in [4.78, 5) is 63.7. The van der Waals surface area contributed by atoms with Crippen molar-refractivity contribution >= 4 is 61.7 Å². The number of piperidine rings is 2. The van der Waals surface area contributed by atoms with Gasteiger partial charge in [-0.1, -0.05) is 6.07 Å². The number of carbonyl (C=O) groups is 3. The number of imidazole rings is 1. The van der Waals surface area contributed by atoms with Crippen LogP contribution in [0.25, 0.3) is 21.3 Å². The Morgan fingerprint density at radius 1 is 1.05 bits per heavy atom. The number of aliphatic hydroxyl groups is 1. The van der Waals surface area contributed by atoms with Crippen molar-refractivity contribution < 1.29 is 37.1 Å². The summed E-state index contributed by atoms with van der Waals surface area (Å²) < 4.78 is 59.8. The number of hydrogen-bond donors (Lipinski definition) is 3. The first-order valence-corrected chi connectivity index (χ1v) is 21.3. The van der Waals surface area contributed by atoms with Crippen LogP contribution in [0, 0.1) is 5.92 Å². The van der Waals surface area contributed by atoms with E-state index in [1.165, 1.54) is 20.5 Å². The molecule has 3 aromatic heterocycles. The highest BCUT2D eigenvalue weighted by molar-refractivity contribution is 7.18. The van der Waals surface area contributed by atoms with E-state index >= 15 is 4.39 Å². The van der Waals surface area contributed by atoms with Crippen LogP contribution in [0.3, 0.4) is 0 Å². The molecule has 3 atom stereocenters. The highest BCUT2D eigenvalue weighted by Gasteiger charge is 2.37. The smallest absolute Gasteiger partial charge is 0.386 e. The maximum atomic E-state index is 16.2. The van der Waals surface area contributed by atoms with Crippen molar-refractivity contribution in [2.45, 2.75) is 94.7 Å². The van der Waals surface area contributed by atoms with Crippen LogP contribution < -0.4 is 21.2 Å². The van der Waals surface area contributed by atoms with Crippen LogP contribution in [0.1, 0.15) is 97.2 Å². The number of para-hydroxylation sites is 1. The molecule has 1 aliphatic carbocycles. The van der Waals surface area contributed by atoms with Gasteiger partial charge in [-0.2, -0.15) is 13.2 Å². The summed E-state index contributed by atoms with van der Waals surface area (Å²) in [5.74, 6) is -1.09. The summed E-state index contributed by atoms with van der Waals surface area (Å²) in [6.07, 6.45) is 0.517. The monoisotopic (exact) mass is 864 g/mol. The van der Waals surface area contributed by atoms with Crippen LogP contribution in [0.4, 0.5) is 28.9 Å². The first-order chi connectivity index (χ1) is 28.9. The molecule has 18 heteroatoms. The van der Waals surface area contributed by atoms with Crippen LogP contribution >= 0.6 is 11.3 Å². The van der Waals surface area contributed by atoms with Crippen molar-refractivity contribution in [1.82, 2.24) is 29.3 Å². The Hall–Kier alpha value is -5.20. The Balaban J connectivity index is 0.900. The number of nitrogens with one attached hydrogen (secondary N) is 2. The molecule has 2 saturated heterocycles. The molecule has 1 saturated carbocycles. The van der Waals surface area contributed by atoms with E-state index in [2.05, 4.69) is 20.5 Å². The molecule has 0 bridgehead atoms. The van der Waals surface area contributed by atoms with Gasteiger partial charge in [-0.15, -0.1) is 11.3 Å². The molecule has 0 spiro atoms. The van der Waals surface area contributed by atoms with Crippen LogP contribution in [0.2, 0.25) is 0 Å². The predicted octanol–water partition coefficient (Wildman–Crippen LogP) is 6.64. The molecule has 5 heterocycles. The van der Waals surface area contributed by atoms with Gasteiger partial charge in [0.25, 0.3) is 5.91 Å². The first-order valence-electron chi connectivity index (χ1n) is 20.5. The number of alkyl halides is 4. The molecule has 13 nitrogen and oxygen atoms in total. The Kier molecular flexibility index (Phi) is 11.3. The van der Waals surface area contributed by atoms with Crippen molar-refractivity contribution in [3.8, 4) is 0 Å². The minimum absolute atomic E-state index is 0.142. The number of carbonyl (C=O) groups excluding carboxylic acids is 3. The summed E-state index contributed by atoms with van der Waals surface area (Å²) in [7, 11) is 3.63. The molecule has 5 aromatic rings. The Labute approximate surface area is 352 Å². The van der Waals surface area contributed by atoms with Crippen LogP contribution in [0.5, 0.6) is 0 Å². The number of hydrogen-bond acceptors (Lipinski definition) is 10. The number of thiazole rings is 1. The Bertz CT molecular complexity index is 2570. The van der Waals surface area contributed by atoms with Gasteiger partial charge in [-0.05, 0) is 95.7 Å². The molecule has 324 valence electrons. The second-order valence-electron chi connectivity index (χ2n) is 17.2. The average molecular weight is 865 g/mol. The number of pyridine rings is 1. The van der Waals surface area contributed by atoms with E-state index in [1.807, 2.05) is 24.1 Å². The maximum Gasteiger partial charge on any atom is 0.417 e. The highest BCUT2D eigenvalue weighted by atomic mass is 32.1. The van der Waals surface area contributed by atoms with Crippen LogP contribution in [-0.2, 0) is 28.4 Å². The molecule has 3 amide bonds. The van der Waals surface area contributed by atoms with Crippen molar-refractivity contribution in [3.63, 3.8) is 0 Å². The average Bonchev–Trinajstić information content (AvgIpc) is 3.74. The van der Waals surface area contributed by atoms with Gasteiger partial charge in [0.05, 0.1) is 55.2 Å². The lowest BCUT2D eigenvalue weighted by Gasteiger charge is -2.42. The summed E-state index contributed by atoms with van der Waals surface area (Å²) >= 11 is 1.49. The Morgan fingerprint density at radius 3 is 2.49 bits per heavy atom. The lowest BCUT2D eigenvalue weighted by atomic mass is 9.81. The van der Waals surface area contributed by atoms with Crippen LogP contribution in [0.15, 0.2) is 53.6 Å². The van der Waals surface area contributed by atoms with Crippen LogP contribution in [-0.4, -0.2) is 85.7 Å². The molecule has 0 radical (unpaired) electrons. The molecular formula is C43H48F4N8O5S. The number of halogens is 4. The van der Waals surface area contributed by atoms with E-state index in [-0.39, 0.29) is 54.2 Å². The number of nitrogens with zero attached hydrogens (tertiary/aromatic N) is 6. The second kappa shape index (κ2) is 16.2. The fourth-order valence-electron chi connectivity index (χ4n) is 9.33. The third kappa shape index (κ3) is 8.41. The summed E-state index contributed by atoms with van der Waals surface area (Å²) in [6, 6.07) is 8.55. The van der Waals surface area contributed by atoms with Gasteiger partial charge < -0.3 is 20.2 Å². The normalized spacial score (nSPS) is 22.9. The standard InChI is InChI=1S/C43H48F4N8O5S/c1-42(2,60)27-17-30-35(18-29(27)49-38(57)25-16-26(20-48-19-25)43(45,46)47)61-40(50-30)24-10-8-23(9-11-24)21-52(3)31-14-15-54(22-28(31)44)32-6-5-7-33-37(32)53(4)41(59)55(33)34-12-13-36(56)51-39(34)58/h5-7,16-20,23-24,28,31,34,60H,8-15,21-22H2,1-4H3,(H,49,57)(H,51,56,58)/t23?,24?,28-,31+,34?/m0/s1. The van der Waals surface area contributed by atoms with E-state index in [1.54, 1.807) is 39.1 Å². The zero-order valence-electron chi connectivity index (χ0n) is 34.3. The van der Waals surface area contributed by atoms with E-state index in [0.29, 0.717) is 47.2 Å². The van der Waals surface area contributed by atoms with Crippen molar-refractivity contribution in [1.29, 1.82) is 0 Å². The maximum absolute atomic E-state index is 16.2. The van der Waals surface area contributed by atoms with Gasteiger partial charge in [-0.3, -0.25) is 33.8 Å². The number of fused-ring (bicyclic) bond motifs is 2. The van der Waals surface area contributed by atoms with E-state index in [0.717, 1.165) is 59.9 Å². The fourth-order valence-corrected chi connectivity index (χ4v) is 10.5. The van der Waals surface area contributed by atoms with Gasteiger partial charge in [-0.25, -0.2) is 14.2 Å². The molecule has 3 fully saturated rings. The minimum Gasteiger partial charge on any atom is -0.386 e. The molecule has 61 heavy (non-hydrogen) atoms. The topological polar surface area (TPSA) is 155 Å². The zero-order chi connectivity index (χ0) is 43.5. The lowest BCUT2D eigenvalue weighted by molar-refractivity contribution is -0.138. The number of aromatic nitrogens is 4. The van der Waals surface area contributed by atoms with Gasteiger partial charge >= 0.3 is 11.9 Å². The number of amides is 3. The Morgan fingerprint density at radius 2 is 1.80 bits per heavy atom. The number of benzene rings is 2. The minimum atomic E-state index is -4.66. The van der Waals surface area contributed by atoms with Gasteiger partial charge in [0.1, 0.15) is 12.2 Å². The molecule has 3 N–H and O–H groups in total. The molecule has 3 aliphatic rings. The predicted molar refractivity (Wildman–Crippen MR) is 223 cm³/mol. The molecule has 2 aliphatic heterocycles. The van der Waals surface area contributed by atoms with E-state index < -0.39 is 41.4 Å². The zero-order valence-corrected chi connectivity index (χ0v) is 35.1. The van der Waals surface area contributed by atoms with E-state index in [4.69, 9.17) is 4.98 Å². The fraction of sp³-hybridized carbons (Fsp3) is 0.488. The molecule has 8 rings (SSSR count). The number of rotatable bonds is 9. The van der Waals surface area contributed by atoms with Crippen molar-refractivity contribution in [3.05, 3.63) is 81.0 Å². The summed E-state index contributed by atoms with van der Waals surface area (Å²) in [6.45, 7) is 4.60. The first kappa shape index (κ1) is 42.5. The number of anilines is 2. The SMILES string of the molecule is CN(CC1CCC(c2nc3cc(C(C)(C)O)c(NC(=O)c4cncc(C(F)(F)F)c4)cc3s2)CC1)[C@@H]1CCN(c2cccc3c2n(C)c(=O)n3C2CCC(=O)NC2=O)C[C@@H]1F. The molecule has 1 unspecified atom stereocenters. The number of aryl methyl sites for hydroxylation is 1. The van der Waals surface area contributed by atoms with Gasteiger partial charge in [0.2, 0.25) is 11.8 Å². The highest BCUT2D eigenvalue weighted by Crippen LogP contribution is 2.42. The largest absolute Gasteiger partial charge is 0.417 e. The van der Waals surface area contributed by atoms with Gasteiger partial charge in [0, 0.05) is 62.2 Å².